The molecule has 0 saturated heterocycles. The molecule has 0 aromatic heterocycles. The number of ether oxygens (including phenoxy) is 1. The summed E-state index contributed by atoms with van der Waals surface area (Å²) in [6.07, 6.45) is 8.04. The third-order valence-electron chi connectivity index (χ3n) is 4.57. The molecule has 0 spiro atoms. The van der Waals surface area contributed by atoms with E-state index in [0.29, 0.717) is 0 Å². The zero-order chi connectivity index (χ0) is 15.1. The molecule has 1 aromatic carbocycles. The molecule has 0 aliphatic heterocycles. The van der Waals surface area contributed by atoms with Crippen LogP contribution in [0.15, 0.2) is 24.3 Å². The molecule has 118 valence electrons. The van der Waals surface area contributed by atoms with E-state index in [1.165, 1.54) is 37.7 Å². The van der Waals surface area contributed by atoms with E-state index in [0.717, 1.165) is 36.6 Å². The highest BCUT2D eigenvalue weighted by molar-refractivity contribution is 5.28. The quantitative estimate of drug-likeness (QED) is 0.801. The molecule has 1 aliphatic rings. The second kappa shape index (κ2) is 8.43. The highest BCUT2D eigenvalue weighted by Gasteiger charge is 2.21. The van der Waals surface area contributed by atoms with E-state index in [4.69, 9.17) is 4.74 Å². The lowest BCUT2D eigenvalue weighted by molar-refractivity contribution is 0.253. The van der Waals surface area contributed by atoms with Crippen LogP contribution in [-0.4, -0.2) is 19.7 Å². The summed E-state index contributed by atoms with van der Waals surface area (Å²) >= 11 is 0. The first-order chi connectivity index (χ1) is 10.2. The van der Waals surface area contributed by atoms with Gasteiger partial charge in [-0.2, -0.15) is 0 Å². The molecule has 1 saturated carbocycles. The zero-order valence-corrected chi connectivity index (χ0v) is 13.9. The molecule has 2 nitrogen and oxygen atoms in total. The number of benzene rings is 1. The van der Waals surface area contributed by atoms with Crippen LogP contribution in [0.1, 0.15) is 51.5 Å². The van der Waals surface area contributed by atoms with Gasteiger partial charge < -0.3 is 10.1 Å². The van der Waals surface area contributed by atoms with Gasteiger partial charge in [0.05, 0.1) is 7.11 Å². The predicted octanol–water partition coefficient (Wildman–Crippen LogP) is 4.43. The van der Waals surface area contributed by atoms with Crippen molar-refractivity contribution in [3.63, 3.8) is 0 Å². The molecule has 1 N–H and O–H groups in total. The van der Waals surface area contributed by atoms with Crippen LogP contribution in [-0.2, 0) is 6.42 Å². The fourth-order valence-corrected chi connectivity index (χ4v) is 3.61. The predicted molar refractivity (Wildman–Crippen MR) is 89.9 cm³/mol. The average Bonchev–Trinajstić information content (AvgIpc) is 2.47. The Morgan fingerprint density at radius 3 is 2.90 bits per heavy atom. The molecule has 2 rings (SSSR count). The maximum absolute atomic E-state index is 5.28. The van der Waals surface area contributed by atoms with Crippen molar-refractivity contribution in [3.05, 3.63) is 29.8 Å². The van der Waals surface area contributed by atoms with Gasteiger partial charge in [-0.3, -0.25) is 0 Å². The molecule has 0 heterocycles. The number of hydrogen-bond donors (Lipinski definition) is 1. The summed E-state index contributed by atoms with van der Waals surface area (Å²) in [5.74, 6) is 2.74. The number of methoxy groups -OCH3 is 1. The van der Waals surface area contributed by atoms with Gasteiger partial charge in [-0.05, 0) is 61.8 Å². The van der Waals surface area contributed by atoms with E-state index in [1.54, 1.807) is 7.11 Å². The lowest BCUT2D eigenvalue weighted by Crippen LogP contribution is -2.35. The van der Waals surface area contributed by atoms with E-state index in [2.05, 4.69) is 37.4 Å². The fourth-order valence-electron chi connectivity index (χ4n) is 3.61. The van der Waals surface area contributed by atoms with E-state index >= 15 is 0 Å². The first-order valence-corrected chi connectivity index (χ1v) is 8.53. The topological polar surface area (TPSA) is 21.3 Å². The van der Waals surface area contributed by atoms with Crippen molar-refractivity contribution >= 4 is 0 Å². The third kappa shape index (κ3) is 5.70. The largest absolute Gasteiger partial charge is 0.497 e. The SMILES string of the molecule is COc1cccc(CCNC2CCCC(CC(C)C)C2)c1. The van der Waals surface area contributed by atoms with Crippen LogP contribution in [0.4, 0.5) is 0 Å². The average molecular weight is 289 g/mol. The van der Waals surface area contributed by atoms with Crippen LogP contribution in [0, 0.1) is 11.8 Å². The van der Waals surface area contributed by atoms with Gasteiger partial charge in [0.15, 0.2) is 0 Å². The van der Waals surface area contributed by atoms with Gasteiger partial charge in [0.1, 0.15) is 5.75 Å². The molecule has 1 fully saturated rings. The third-order valence-corrected chi connectivity index (χ3v) is 4.57. The van der Waals surface area contributed by atoms with Crippen molar-refractivity contribution in [3.8, 4) is 5.75 Å². The van der Waals surface area contributed by atoms with Gasteiger partial charge >= 0.3 is 0 Å². The smallest absolute Gasteiger partial charge is 0.119 e. The van der Waals surface area contributed by atoms with Crippen LogP contribution in [0.25, 0.3) is 0 Å². The number of nitrogens with one attached hydrogen (secondary N) is 1. The Balaban J connectivity index is 1.72. The maximum atomic E-state index is 5.28. The Morgan fingerprint density at radius 1 is 1.29 bits per heavy atom. The molecule has 2 heteroatoms. The van der Waals surface area contributed by atoms with Crippen LogP contribution in [0.5, 0.6) is 5.75 Å². The minimum atomic E-state index is 0.730. The first-order valence-electron chi connectivity index (χ1n) is 8.53. The minimum absolute atomic E-state index is 0.730. The van der Waals surface area contributed by atoms with Gasteiger partial charge in [-0.25, -0.2) is 0 Å². The molecule has 21 heavy (non-hydrogen) atoms. The van der Waals surface area contributed by atoms with Crippen molar-refractivity contribution in [2.75, 3.05) is 13.7 Å². The molecular weight excluding hydrogens is 258 g/mol. The lowest BCUT2D eigenvalue weighted by atomic mass is 9.81. The van der Waals surface area contributed by atoms with Gasteiger partial charge in [-0.15, -0.1) is 0 Å². The summed E-state index contributed by atoms with van der Waals surface area (Å²) in [5, 5.41) is 3.77. The molecule has 0 radical (unpaired) electrons. The Morgan fingerprint density at radius 2 is 2.14 bits per heavy atom. The highest BCUT2D eigenvalue weighted by Crippen LogP contribution is 2.29. The van der Waals surface area contributed by atoms with Crippen molar-refractivity contribution in [2.24, 2.45) is 11.8 Å². The highest BCUT2D eigenvalue weighted by atomic mass is 16.5. The van der Waals surface area contributed by atoms with Gasteiger partial charge in [0.25, 0.3) is 0 Å². The van der Waals surface area contributed by atoms with Gasteiger partial charge in [0.2, 0.25) is 0 Å². The van der Waals surface area contributed by atoms with Crippen LogP contribution in [0.3, 0.4) is 0 Å². The molecule has 1 aliphatic carbocycles. The monoisotopic (exact) mass is 289 g/mol. The van der Waals surface area contributed by atoms with E-state index < -0.39 is 0 Å². The summed E-state index contributed by atoms with van der Waals surface area (Å²) in [6, 6.07) is 9.15. The standard InChI is InChI=1S/C19H31NO/c1-15(2)12-17-7-4-8-18(13-17)20-11-10-16-6-5-9-19(14-16)21-3/h5-6,9,14-15,17-18,20H,4,7-8,10-13H2,1-3H3. The summed E-state index contributed by atoms with van der Waals surface area (Å²) in [6.45, 7) is 5.77. The lowest BCUT2D eigenvalue weighted by Gasteiger charge is -2.31. The first kappa shape index (κ1) is 16.4. The second-order valence-corrected chi connectivity index (χ2v) is 6.91. The molecule has 0 bridgehead atoms. The van der Waals surface area contributed by atoms with E-state index in [9.17, 15) is 0 Å². The van der Waals surface area contributed by atoms with Gasteiger partial charge in [0, 0.05) is 6.04 Å². The molecule has 2 unspecified atom stereocenters. The van der Waals surface area contributed by atoms with Crippen LogP contribution >= 0.6 is 0 Å². The molecule has 1 aromatic rings. The second-order valence-electron chi connectivity index (χ2n) is 6.91. The Bertz CT molecular complexity index is 416. The van der Waals surface area contributed by atoms with Crippen molar-refractivity contribution in [2.45, 2.75) is 58.4 Å². The zero-order valence-electron chi connectivity index (χ0n) is 13.9. The molecular formula is C19H31NO. The molecule has 0 amide bonds. The normalized spacial score (nSPS) is 22.5. The Hall–Kier alpha value is -1.02. The van der Waals surface area contributed by atoms with Crippen molar-refractivity contribution in [1.82, 2.24) is 5.32 Å². The summed E-state index contributed by atoms with van der Waals surface area (Å²) in [5.41, 5.74) is 1.36. The maximum Gasteiger partial charge on any atom is 0.119 e. The Labute approximate surface area is 130 Å². The van der Waals surface area contributed by atoms with Crippen molar-refractivity contribution in [1.29, 1.82) is 0 Å². The van der Waals surface area contributed by atoms with Crippen molar-refractivity contribution < 1.29 is 4.74 Å². The minimum Gasteiger partial charge on any atom is -0.497 e. The van der Waals surface area contributed by atoms with Crippen LogP contribution < -0.4 is 10.1 Å². The number of rotatable bonds is 7. The van der Waals surface area contributed by atoms with Gasteiger partial charge in [-0.1, -0.05) is 38.8 Å². The molecule has 2 atom stereocenters. The van der Waals surface area contributed by atoms with Crippen LogP contribution in [0.2, 0.25) is 0 Å². The number of hydrogen-bond acceptors (Lipinski definition) is 2. The summed E-state index contributed by atoms with van der Waals surface area (Å²) < 4.78 is 5.28. The van der Waals surface area contributed by atoms with E-state index in [-0.39, 0.29) is 0 Å². The summed E-state index contributed by atoms with van der Waals surface area (Å²) in [4.78, 5) is 0. The summed E-state index contributed by atoms with van der Waals surface area (Å²) in [7, 11) is 1.73. The Kier molecular flexibility index (Phi) is 6.56. The van der Waals surface area contributed by atoms with E-state index in [1.807, 2.05) is 6.07 Å². The fraction of sp³-hybridized carbons (Fsp3) is 0.684.